The van der Waals surface area contributed by atoms with Gasteiger partial charge in [-0.25, -0.2) is 4.57 Å². The molecule has 5 rings (SSSR count). The number of rotatable bonds is 10. The summed E-state index contributed by atoms with van der Waals surface area (Å²) in [5, 5.41) is 24.6. The summed E-state index contributed by atoms with van der Waals surface area (Å²) < 4.78 is 16.8. The van der Waals surface area contributed by atoms with Crippen molar-refractivity contribution in [2.75, 3.05) is 20.1 Å². The van der Waals surface area contributed by atoms with Gasteiger partial charge in [0.05, 0.1) is 12.6 Å². The van der Waals surface area contributed by atoms with E-state index in [0.717, 1.165) is 27.5 Å². The van der Waals surface area contributed by atoms with Crippen LogP contribution in [0.1, 0.15) is 57.1 Å². The summed E-state index contributed by atoms with van der Waals surface area (Å²) >= 11 is 0. The van der Waals surface area contributed by atoms with Gasteiger partial charge in [0.25, 0.3) is 0 Å². The van der Waals surface area contributed by atoms with E-state index in [1.807, 2.05) is 36.4 Å². The Morgan fingerprint density at radius 1 is 0.785 bits per heavy atom. The van der Waals surface area contributed by atoms with E-state index in [2.05, 4.69) is 26.6 Å². The zero-order valence-electron chi connectivity index (χ0n) is 36.1. The van der Waals surface area contributed by atoms with Crippen LogP contribution in [0.25, 0.3) is 10.8 Å². The van der Waals surface area contributed by atoms with Gasteiger partial charge in [-0.2, -0.15) is 0 Å². The number of amides is 8. The van der Waals surface area contributed by atoms with Gasteiger partial charge >= 0.3 is 7.82 Å². The molecule has 0 aliphatic carbocycles. The van der Waals surface area contributed by atoms with Crippen LogP contribution < -0.4 is 32.3 Å². The molecule has 2 heterocycles. The first-order valence-electron chi connectivity index (χ1n) is 21.0. The van der Waals surface area contributed by atoms with Crippen molar-refractivity contribution >= 4 is 65.9 Å². The number of benzene rings is 3. The number of phosphoric acid groups is 1. The Balaban J connectivity index is 1.59. The normalized spacial score (nSPS) is 24.1. The van der Waals surface area contributed by atoms with E-state index in [4.69, 9.17) is 10.3 Å². The van der Waals surface area contributed by atoms with Crippen molar-refractivity contribution in [3.8, 4) is 5.75 Å². The van der Waals surface area contributed by atoms with Crippen LogP contribution in [-0.2, 0) is 60.3 Å². The standard InChI is InChI=1S/C43H55N8O13P/c1-24-42(59)50(3)23-36(54)49-37(25(2)64-65(61,62)63)43(60)51-19-7-6-10-34(51)41(58)48-33(22-27-11-14-28-8-4-5-9-29(28)20-27)40(57)47-32(21-26-12-15-30(52)16-13-26)39(56)46-31(38(55)45-24)17-18-35(44)53/h4-5,8-9,11-16,20,24-25,31-34,37,52H,6-7,10,17-19,21-23H2,1-3H3,(H2,44,53)(H,45,55)(H,46,56)(H,47,57)(H,48,58)(H,49,54)(H2,61,62,63)/t24-,25+,31-,32-,33-,34-,37+/m0/s1. The van der Waals surface area contributed by atoms with Gasteiger partial charge in [-0.3, -0.25) is 42.9 Å². The lowest BCUT2D eigenvalue weighted by molar-refractivity contribution is -0.148. The van der Waals surface area contributed by atoms with Crippen LogP contribution in [0, 0.1) is 0 Å². The summed E-state index contributed by atoms with van der Waals surface area (Å²) in [5.41, 5.74) is 6.47. The maximum atomic E-state index is 14.6. The number of phenolic OH excluding ortho intramolecular Hbond substituents is 1. The third kappa shape index (κ3) is 14.0. The zero-order chi connectivity index (χ0) is 47.6. The number of nitrogens with zero attached hydrogens (tertiary/aromatic N) is 2. The molecule has 3 aromatic carbocycles. The molecule has 0 aromatic heterocycles. The number of hydrogen-bond acceptors (Lipinski definition) is 11. The molecule has 350 valence electrons. The van der Waals surface area contributed by atoms with E-state index in [1.54, 1.807) is 6.07 Å². The van der Waals surface area contributed by atoms with Gasteiger partial charge in [0.15, 0.2) is 0 Å². The van der Waals surface area contributed by atoms with Crippen molar-refractivity contribution in [1.82, 2.24) is 36.4 Å². The molecule has 2 aliphatic rings. The van der Waals surface area contributed by atoms with Crippen LogP contribution in [-0.4, -0.2) is 134 Å². The number of phenols is 1. The predicted octanol–water partition coefficient (Wildman–Crippen LogP) is -0.609. The van der Waals surface area contributed by atoms with E-state index < -0.39 is 104 Å². The molecule has 2 saturated heterocycles. The third-order valence-electron chi connectivity index (χ3n) is 11.1. The third-order valence-corrected chi connectivity index (χ3v) is 11.7. The lowest BCUT2D eigenvalue weighted by Crippen LogP contribution is -2.62. The van der Waals surface area contributed by atoms with Crippen molar-refractivity contribution in [3.63, 3.8) is 0 Å². The molecule has 3 aromatic rings. The van der Waals surface area contributed by atoms with Gasteiger partial charge in [0, 0.05) is 32.9 Å². The van der Waals surface area contributed by atoms with Crippen LogP contribution >= 0.6 is 7.82 Å². The first kappa shape index (κ1) is 49.6. The van der Waals surface area contributed by atoms with Gasteiger partial charge in [0.1, 0.15) is 42.0 Å². The Kier molecular flexibility index (Phi) is 16.8. The molecule has 2 aliphatic heterocycles. The van der Waals surface area contributed by atoms with E-state index in [0.29, 0.717) is 24.0 Å². The Bertz CT molecular complexity index is 2330. The molecule has 8 amide bonds. The molecule has 65 heavy (non-hydrogen) atoms. The van der Waals surface area contributed by atoms with Crippen molar-refractivity contribution in [2.24, 2.45) is 5.73 Å². The van der Waals surface area contributed by atoms with E-state index in [-0.39, 0.29) is 44.4 Å². The smallest absolute Gasteiger partial charge is 0.469 e. The van der Waals surface area contributed by atoms with Crippen LogP contribution in [0.15, 0.2) is 66.7 Å². The number of phosphoric ester groups is 1. The molecule has 0 saturated carbocycles. The van der Waals surface area contributed by atoms with Crippen molar-refractivity contribution in [2.45, 2.75) is 101 Å². The SMILES string of the molecule is C[C@@H]1NC(=O)[C@H](CCC(N)=O)NC(=O)[C@H](Cc2ccc(O)cc2)NC(=O)[C@H](Cc2ccc3ccccc3c2)NC(=O)[C@@H]2CCCCN2C(=O)[C@@H]([C@@H](C)OP(=O)(O)O)NC(=O)CN(C)C1=O. The number of carbonyl (C=O) groups excluding carboxylic acids is 8. The largest absolute Gasteiger partial charge is 0.508 e. The number of carbonyl (C=O) groups is 8. The Hall–Kier alpha value is -6.41. The van der Waals surface area contributed by atoms with Crippen molar-refractivity contribution in [3.05, 3.63) is 77.9 Å². The van der Waals surface area contributed by atoms with Crippen LogP contribution in [0.4, 0.5) is 0 Å². The van der Waals surface area contributed by atoms with Crippen LogP contribution in [0.2, 0.25) is 0 Å². The first-order chi connectivity index (χ1) is 30.7. The molecular formula is C43H55N8O13P. The predicted molar refractivity (Wildman–Crippen MR) is 233 cm³/mol. The Morgan fingerprint density at radius 3 is 2.02 bits per heavy atom. The number of fused-ring (bicyclic) bond motifs is 2. The lowest BCUT2D eigenvalue weighted by Gasteiger charge is -2.38. The molecule has 22 heteroatoms. The van der Waals surface area contributed by atoms with Gasteiger partial charge in [-0.1, -0.05) is 54.6 Å². The molecule has 7 atom stereocenters. The molecule has 0 spiro atoms. The average Bonchev–Trinajstić information content (AvgIpc) is 3.25. The quantitative estimate of drug-likeness (QED) is 0.115. The Morgan fingerprint density at radius 2 is 1.37 bits per heavy atom. The van der Waals surface area contributed by atoms with E-state index in [9.17, 15) is 57.8 Å². The molecule has 21 nitrogen and oxygen atoms in total. The number of nitrogens with one attached hydrogen (secondary N) is 5. The topological polar surface area (TPSA) is 316 Å². The minimum atomic E-state index is -5.25. The molecule has 10 N–H and O–H groups in total. The van der Waals surface area contributed by atoms with E-state index >= 15 is 0 Å². The average molecular weight is 923 g/mol. The summed E-state index contributed by atoms with van der Waals surface area (Å²) in [6.45, 7) is 1.68. The summed E-state index contributed by atoms with van der Waals surface area (Å²) in [6.07, 6.45) is -1.74. The fourth-order valence-corrected chi connectivity index (χ4v) is 8.33. The molecule has 0 radical (unpaired) electrons. The highest BCUT2D eigenvalue weighted by atomic mass is 31.2. The highest BCUT2D eigenvalue weighted by Gasteiger charge is 2.42. The fraction of sp³-hybridized carbons (Fsp3) is 0.442. The highest BCUT2D eigenvalue weighted by Crippen LogP contribution is 2.38. The lowest BCUT2D eigenvalue weighted by atomic mass is 9.97. The van der Waals surface area contributed by atoms with Crippen molar-refractivity contribution < 1.29 is 62.3 Å². The molecule has 2 fully saturated rings. The van der Waals surface area contributed by atoms with Crippen LogP contribution in [0.3, 0.4) is 0 Å². The number of hydrogen-bond donors (Lipinski definition) is 9. The van der Waals surface area contributed by atoms with Gasteiger partial charge < -0.3 is 57.0 Å². The molecular weight excluding hydrogens is 867 g/mol. The minimum absolute atomic E-state index is 0.0329. The number of piperidine rings is 1. The second kappa shape index (κ2) is 22.0. The van der Waals surface area contributed by atoms with Gasteiger partial charge in [0.2, 0.25) is 47.3 Å². The number of likely N-dealkylation sites (N-methyl/N-ethyl adjacent to an activating group) is 1. The van der Waals surface area contributed by atoms with Gasteiger partial charge in [-0.05, 0) is 73.6 Å². The highest BCUT2D eigenvalue weighted by molar-refractivity contribution is 7.46. The first-order valence-corrected chi connectivity index (χ1v) is 22.6. The zero-order valence-corrected chi connectivity index (χ0v) is 37.0. The number of nitrogens with two attached hydrogens (primary N) is 1. The Labute approximate surface area is 374 Å². The van der Waals surface area contributed by atoms with Gasteiger partial charge in [-0.15, -0.1) is 0 Å². The van der Waals surface area contributed by atoms with Crippen molar-refractivity contribution in [1.29, 1.82) is 0 Å². The second-order valence-electron chi connectivity index (χ2n) is 16.3. The molecule has 0 bridgehead atoms. The summed E-state index contributed by atoms with van der Waals surface area (Å²) in [7, 11) is -4.04. The summed E-state index contributed by atoms with van der Waals surface area (Å²) in [5.74, 6) is -7.07. The second-order valence-corrected chi connectivity index (χ2v) is 17.5. The summed E-state index contributed by atoms with van der Waals surface area (Å²) in [4.78, 5) is 132. The summed E-state index contributed by atoms with van der Waals surface area (Å²) in [6, 6.07) is 9.89. The van der Waals surface area contributed by atoms with Crippen LogP contribution in [0.5, 0.6) is 5.75 Å². The maximum absolute atomic E-state index is 14.6. The van der Waals surface area contributed by atoms with E-state index in [1.165, 1.54) is 38.2 Å². The number of aromatic hydroxyl groups is 1. The maximum Gasteiger partial charge on any atom is 0.469 e. The minimum Gasteiger partial charge on any atom is -0.508 e. The number of primary amides is 1. The fourth-order valence-electron chi connectivity index (χ4n) is 7.78. The monoisotopic (exact) mass is 922 g/mol. The molecule has 0 unspecified atom stereocenters.